The Bertz CT molecular complexity index is 537. The zero-order chi connectivity index (χ0) is 13.1. The Hall–Kier alpha value is -2.37. The molecule has 1 heterocycles. The molecule has 1 amide bonds. The molecule has 0 aromatic heterocycles. The van der Waals surface area contributed by atoms with Gasteiger partial charge in [0.15, 0.2) is 5.71 Å². The molecule has 0 spiro atoms. The first kappa shape index (κ1) is 12.1. The van der Waals surface area contributed by atoms with E-state index < -0.39 is 5.97 Å². The van der Waals surface area contributed by atoms with Crippen molar-refractivity contribution in [2.24, 2.45) is 4.99 Å². The van der Waals surface area contributed by atoms with Crippen molar-refractivity contribution in [3.63, 3.8) is 0 Å². The molecule has 0 aliphatic carbocycles. The number of methoxy groups -OCH3 is 1. The van der Waals surface area contributed by atoms with Gasteiger partial charge >= 0.3 is 5.97 Å². The summed E-state index contributed by atoms with van der Waals surface area (Å²) >= 11 is 0. The second-order valence-corrected chi connectivity index (χ2v) is 3.71. The lowest BCUT2D eigenvalue weighted by atomic mass is 10.1. The summed E-state index contributed by atoms with van der Waals surface area (Å²) in [6, 6.07) is 5.28. The predicted octanol–water partition coefficient (Wildman–Crippen LogP) is 0.642. The van der Waals surface area contributed by atoms with E-state index in [0.717, 1.165) is 5.69 Å². The molecule has 0 bridgehead atoms. The Labute approximate surface area is 104 Å². The lowest BCUT2D eigenvalue weighted by Crippen LogP contribution is -2.17. The third kappa shape index (κ3) is 2.17. The van der Waals surface area contributed by atoms with Crippen LogP contribution in [0.25, 0.3) is 0 Å². The molecule has 0 fully saturated rings. The fraction of sp³-hybridized carbons (Fsp3) is 0.250. The molecule has 0 radical (unpaired) electrons. The third-order valence-corrected chi connectivity index (χ3v) is 2.60. The molecule has 18 heavy (non-hydrogen) atoms. The van der Waals surface area contributed by atoms with Gasteiger partial charge in [-0.2, -0.15) is 0 Å². The summed E-state index contributed by atoms with van der Waals surface area (Å²) in [4.78, 5) is 27.1. The van der Waals surface area contributed by atoms with Gasteiger partial charge in [-0.05, 0) is 18.2 Å². The van der Waals surface area contributed by atoms with Crippen LogP contribution in [-0.4, -0.2) is 38.3 Å². The highest BCUT2D eigenvalue weighted by Gasteiger charge is 2.22. The highest BCUT2D eigenvalue weighted by atomic mass is 16.5. The number of hydrogen-bond acceptors (Lipinski definition) is 5. The van der Waals surface area contributed by atoms with Gasteiger partial charge in [-0.25, -0.2) is 4.79 Å². The van der Waals surface area contributed by atoms with Crippen LogP contribution in [0.4, 0.5) is 11.4 Å². The van der Waals surface area contributed by atoms with Gasteiger partial charge in [0.1, 0.15) is 6.54 Å². The first-order chi connectivity index (χ1) is 8.65. The average Bonchev–Trinajstić information content (AvgIpc) is 2.55. The summed E-state index contributed by atoms with van der Waals surface area (Å²) in [6.45, 7) is -0.0893. The van der Waals surface area contributed by atoms with E-state index in [9.17, 15) is 9.59 Å². The van der Waals surface area contributed by atoms with Crippen LogP contribution in [0, 0.1) is 0 Å². The smallest absolute Gasteiger partial charge is 0.356 e. The lowest BCUT2D eigenvalue weighted by Gasteiger charge is -2.10. The summed E-state index contributed by atoms with van der Waals surface area (Å²) in [5.74, 6) is -0.812. The number of benzene rings is 1. The third-order valence-electron chi connectivity index (χ3n) is 2.60. The zero-order valence-electron chi connectivity index (χ0n) is 10.1. The van der Waals surface area contributed by atoms with Crippen LogP contribution in [0.15, 0.2) is 23.2 Å². The molecule has 6 nitrogen and oxygen atoms in total. The Morgan fingerprint density at radius 1 is 1.50 bits per heavy atom. The molecule has 0 saturated carbocycles. The molecule has 0 saturated heterocycles. The van der Waals surface area contributed by atoms with Crippen molar-refractivity contribution in [3.05, 3.63) is 23.8 Å². The number of aliphatic imine (C=N–C) groups is 1. The molecule has 0 unspecified atom stereocenters. The number of amides is 1. The molecule has 94 valence electrons. The van der Waals surface area contributed by atoms with Crippen molar-refractivity contribution in [2.75, 3.05) is 31.3 Å². The van der Waals surface area contributed by atoms with Gasteiger partial charge in [0.25, 0.3) is 0 Å². The van der Waals surface area contributed by atoms with Crippen molar-refractivity contribution >= 4 is 29.0 Å². The van der Waals surface area contributed by atoms with Gasteiger partial charge in [-0.15, -0.1) is 0 Å². The number of carbonyl (C=O) groups excluding carboxylic acids is 2. The van der Waals surface area contributed by atoms with Crippen molar-refractivity contribution in [1.29, 1.82) is 0 Å². The molecule has 2 N–H and O–H groups in total. The maximum atomic E-state index is 11.7. The SMILES string of the molecule is CNc1ccc2c(c1)C(C(=O)OC)=NCC(=O)N2. The standard InChI is InChI=1S/C12H13N3O3/c1-13-7-3-4-9-8(5-7)11(12(17)18-2)14-6-10(16)15-9/h3-5,13H,6H2,1-2H3,(H,15,16). The van der Waals surface area contributed by atoms with Gasteiger partial charge in [0, 0.05) is 18.3 Å². The van der Waals surface area contributed by atoms with Gasteiger partial charge in [-0.1, -0.05) is 0 Å². The normalized spacial score (nSPS) is 13.9. The maximum Gasteiger partial charge on any atom is 0.356 e. The fourth-order valence-corrected chi connectivity index (χ4v) is 1.70. The number of anilines is 2. The predicted molar refractivity (Wildman–Crippen MR) is 68.0 cm³/mol. The number of benzodiazepines with no additional fused rings is 1. The minimum Gasteiger partial charge on any atom is -0.464 e. The number of nitrogens with zero attached hydrogens (tertiary/aromatic N) is 1. The summed E-state index contributed by atoms with van der Waals surface area (Å²) in [6.07, 6.45) is 0. The van der Waals surface area contributed by atoms with Crippen molar-refractivity contribution in [3.8, 4) is 0 Å². The van der Waals surface area contributed by atoms with Crippen molar-refractivity contribution in [1.82, 2.24) is 0 Å². The summed E-state index contributed by atoms with van der Waals surface area (Å²) in [5.41, 5.74) is 2.09. The lowest BCUT2D eigenvalue weighted by molar-refractivity contribution is -0.132. The second-order valence-electron chi connectivity index (χ2n) is 3.71. The fourth-order valence-electron chi connectivity index (χ4n) is 1.70. The number of hydrogen-bond donors (Lipinski definition) is 2. The number of esters is 1. The summed E-state index contributed by atoms with van der Waals surface area (Å²) in [7, 11) is 3.05. The topological polar surface area (TPSA) is 79.8 Å². The van der Waals surface area contributed by atoms with Crippen LogP contribution in [0.3, 0.4) is 0 Å². The summed E-state index contributed by atoms with van der Waals surface area (Å²) < 4.78 is 4.68. The number of rotatable bonds is 2. The van der Waals surface area contributed by atoms with Gasteiger partial charge in [0.05, 0.1) is 12.8 Å². The summed E-state index contributed by atoms with van der Waals surface area (Å²) in [5, 5.41) is 5.66. The van der Waals surface area contributed by atoms with Crippen LogP contribution >= 0.6 is 0 Å². The minimum atomic E-state index is -0.555. The van der Waals surface area contributed by atoms with Crippen LogP contribution in [-0.2, 0) is 14.3 Å². The first-order valence-electron chi connectivity index (χ1n) is 5.40. The van der Waals surface area contributed by atoms with Crippen molar-refractivity contribution in [2.45, 2.75) is 0 Å². The highest BCUT2D eigenvalue weighted by Crippen LogP contribution is 2.23. The minimum absolute atomic E-state index is 0.0893. The van der Waals surface area contributed by atoms with Crippen LogP contribution in [0.1, 0.15) is 5.56 Å². The molecule has 6 heteroatoms. The van der Waals surface area contributed by atoms with Gasteiger partial charge < -0.3 is 15.4 Å². The van der Waals surface area contributed by atoms with E-state index in [1.165, 1.54) is 7.11 Å². The maximum absolute atomic E-state index is 11.7. The Morgan fingerprint density at radius 2 is 2.28 bits per heavy atom. The van der Waals surface area contributed by atoms with E-state index in [-0.39, 0.29) is 18.2 Å². The molecular weight excluding hydrogens is 234 g/mol. The molecular formula is C12H13N3O3. The van der Waals surface area contributed by atoms with E-state index in [0.29, 0.717) is 11.3 Å². The molecule has 1 aromatic carbocycles. The number of nitrogens with one attached hydrogen (secondary N) is 2. The van der Waals surface area contributed by atoms with Crippen LogP contribution in [0.5, 0.6) is 0 Å². The van der Waals surface area contributed by atoms with Crippen LogP contribution in [0.2, 0.25) is 0 Å². The second kappa shape index (κ2) is 4.87. The molecule has 1 aromatic rings. The Kier molecular flexibility index (Phi) is 3.27. The van der Waals surface area contributed by atoms with E-state index in [4.69, 9.17) is 0 Å². The van der Waals surface area contributed by atoms with Crippen molar-refractivity contribution < 1.29 is 14.3 Å². The van der Waals surface area contributed by atoms with E-state index in [1.807, 2.05) is 0 Å². The van der Waals surface area contributed by atoms with E-state index in [1.54, 1.807) is 25.2 Å². The quantitative estimate of drug-likeness (QED) is 0.752. The van der Waals surface area contributed by atoms with E-state index >= 15 is 0 Å². The molecule has 1 aliphatic rings. The largest absolute Gasteiger partial charge is 0.464 e. The monoisotopic (exact) mass is 247 g/mol. The molecule has 2 rings (SSSR count). The molecule has 1 aliphatic heterocycles. The number of fused-ring (bicyclic) bond motifs is 1. The van der Waals surface area contributed by atoms with Crippen LogP contribution < -0.4 is 10.6 Å². The Morgan fingerprint density at radius 3 is 2.94 bits per heavy atom. The van der Waals surface area contributed by atoms with Gasteiger partial charge in [-0.3, -0.25) is 9.79 Å². The number of ether oxygens (including phenoxy) is 1. The average molecular weight is 247 g/mol. The first-order valence-corrected chi connectivity index (χ1v) is 5.40. The van der Waals surface area contributed by atoms with Gasteiger partial charge in [0.2, 0.25) is 5.91 Å². The highest BCUT2D eigenvalue weighted by molar-refractivity contribution is 6.45. The van der Waals surface area contributed by atoms with E-state index in [2.05, 4.69) is 20.4 Å². The Balaban J connectivity index is 2.56. The zero-order valence-corrected chi connectivity index (χ0v) is 10.1. The number of carbonyl (C=O) groups is 2. The molecule has 0 atom stereocenters.